The van der Waals surface area contributed by atoms with Crippen molar-refractivity contribution >= 4 is 0 Å². The van der Waals surface area contributed by atoms with Crippen LogP contribution in [0.25, 0.3) is 0 Å². The van der Waals surface area contributed by atoms with Gasteiger partial charge in [-0.2, -0.15) is 0 Å². The molecule has 0 aliphatic carbocycles. The van der Waals surface area contributed by atoms with Crippen LogP contribution in [0.2, 0.25) is 0 Å². The Balaban J connectivity index is 3.33. The summed E-state index contributed by atoms with van der Waals surface area (Å²) in [6.07, 6.45) is 0. The van der Waals surface area contributed by atoms with Crippen LogP contribution in [0.4, 0.5) is 0 Å². The molecule has 1 aromatic carbocycles. The molecule has 0 saturated carbocycles. The standard InChI is InChI=1S/C12H12O3/c1-8(2)3-4-9-10(7-13)12(15)6-5-11(9)14/h5-6,13-15H,1,7H2,2H3. The van der Waals surface area contributed by atoms with Crippen LogP contribution in [-0.2, 0) is 6.61 Å². The number of allylic oxidation sites excluding steroid dienone is 1. The van der Waals surface area contributed by atoms with Crippen LogP contribution in [0.3, 0.4) is 0 Å². The van der Waals surface area contributed by atoms with Gasteiger partial charge in [-0.3, -0.25) is 0 Å². The van der Waals surface area contributed by atoms with Crippen molar-refractivity contribution < 1.29 is 15.3 Å². The smallest absolute Gasteiger partial charge is 0.131 e. The zero-order chi connectivity index (χ0) is 11.4. The molecule has 78 valence electrons. The molecular formula is C12H12O3. The van der Waals surface area contributed by atoms with E-state index in [2.05, 4.69) is 18.4 Å². The van der Waals surface area contributed by atoms with Crippen LogP contribution in [0.1, 0.15) is 18.1 Å². The molecule has 0 aromatic heterocycles. The van der Waals surface area contributed by atoms with E-state index in [1.807, 2.05) is 0 Å². The van der Waals surface area contributed by atoms with E-state index in [9.17, 15) is 10.2 Å². The molecule has 0 fully saturated rings. The third kappa shape index (κ3) is 2.52. The van der Waals surface area contributed by atoms with Crippen LogP contribution >= 0.6 is 0 Å². The average Bonchev–Trinajstić information content (AvgIpc) is 2.19. The highest BCUT2D eigenvalue weighted by Crippen LogP contribution is 2.28. The Bertz CT molecular complexity index is 450. The number of phenolic OH excluding ortho intramolecular Hbond substituents is 1. The summed E-state index contributed by atoms with van der Waals surface area (Å²) >= 11 is 0. The number of rotatable bonds is 1. The Labute approximate surface area is 88.3 Å². The van der Waals surface area contributed by atoms with Gasteiger partial charge in [0.25, 0.3) is 0 Å². The van der Waals surface area contributed by atoms with Crippen molar-refractivity contribution in [3.8, 4) is 23.3 Å². The second-order valence-electron chi connectivity index (χ2n) is 3.15. The molecule has 3 heteroatoms. The predicted molar refractivity (Wildman–Crippen MR) is 57.4 cm³/mol. The summed E-state index contributed by atoms with van der Waals surface area (Å²) in [5.41, 5.74) is 1.10. The maximum Gasteiger partial charge on any atom is 0.131 e. The van der Waals surface area contributed by atoms with Crippen molar-refractivity contribution in [2.45, 2.75) is 13.5 Å². The van der Waals surface area contributed by atoms with E-state index in [1.165, 1.54) is 12.1 Å². The van der Waals surface area contributed by atoms with E-state index >= 15 is 0 Å². The Morgan fingerprint density at radius 2 is 1.93 bits per heavy atom. The van der Waals surface area contributed by atoms with Gasteiger partial charge in [-0.05, 0) is 24.6 Å². The molecule has 0 aliphatic heterocycles. The quantitative estimate of drug-likeness (QED) is 0.480. The maximum absolute atomic E-state index is 9.51. The second kappa shape index (κ2) is 4.54. The first-order valence-electron chi connectivity index (χ1n) is 4.38. The van der Waals surface area contributed by atoms with Crippen LogP contribution in [0.5, 0.6) is 11.5 Å². The molecule has 0 unspecified atom stereocenters. The Kier molecular flexibility index (Phi) is 3.37. The third-order valence-electron chi connectivity index (χ3n) is 1.83. The van der Waals surface area contributed by atoms with E-state index in [1.54, 1.807) is 6.92 Å². The van der Waals surface area contributed by atoms with Gasteiger partial charge in [-0.25, -0.2) is 0 Å². The largest absolute Gasteiger partial charge is 0.508 e. The first kappa shape index (κ1) is 11.2. The number of hydrogen-bond donors (Lipinski definition) is 3. The first-order chi connectivity index (χ1) is 7.06. The van der Waals surface area contributed by atoms with Gasteiger partial charge < -0.3 is 15.3 Å². The van der Waals surface area contributed by atoms with Gasteiger partial charge in [-0.1, -0.05) is 18.4 Å². The highest BCUT2D eigenvalue weighted by molar-refractivity contribution is 5.56. The van der Waals surface area contributed by atoms with E-state index in [0.717, 1.165) is 0 Å². The number of aromatic hydroxyl groups is 2. The van der Waals surface area contributed by atoms with Gasteiger partial charge in [0.1, 0.15) is 11.5 Å². The first-order valence-corrected chi connectivity index (χ1v) is 4.38. The highest BCUT2D eigenvalue weighted by Gasteiger charge is 2.09. The maximum atomic E-state index is 9.51. The number of benzene rings is 1. The summed E-state index contributed by atoms with van der Waals surface area (Å²) < 4.78 is 0. The summed E-state index contributed by atoms with van der Waals surface area (Å²) in [5.74, 6) is 5.18. The van der Waals surface area contributed by atoms with E-state index in [-0.39, 0.29) is 29.2 Å². The number of hydrogen-bond acceptors (Lipinski definition) is 3. The SMILES string of the molecule is C=C(C)C#Cc1c(O)ccc(O)c1CO. The van der Waals surface area contributed by atoms with Gasteiger partial charge in [0.15, 0.2) is 0 Å². The molecule has 0 heterocycles. The summed E-state index contributed by atoms with van der Waals surface area (Å²) in [6.45, 7) is 4.95. The van der Waals surface area contributed by atoms with E-state index in [4.69, 9.17) is 5.11 Å². The minimum atomic E-state index is -0.375. The number of phenols is 2. The topological polar surface area (TPSA) is 60.7 Å². The van der Waals surface area contributed by atoms with Crippen molar-refractivity contribution in [2.24, 2.45) is 0 Å². The molecule has 1 rings (SSSR count). The molecule has 0 amide bonds. The molecule has 0 radical (unpaired) electrons. The zero-order valence-corrected chi connectivity index (χ0v) is 8.41. The van der Waals surface area contributed by atoms with Crippen LogP contribution in [-0.4, -0.2) is 15.3 Å². The minimum Gasteiger partial charge on any atom is -0.508 e. The van der Waals surface area contributed by atoms with Crippen molar-refractivity contribution in [3.05, 3.63) is 35.4 Å². The molecule has 0 atom stereocenters. The lowest BCUT2D eigenvalue weighted by molar-refractivity contribution is 0.274. The van der Waals surface area contributed by atoms with Crippen LogP contribution in [0, 0.1) is 11.8 Å². The van der Waals surface area contributed by atoms with Gasteiger partial charge in [-0.15, -0.1) is 0 Å². The highest BCUT2D eigenvalue weighted by atomic mass is 16.3. The molecule has 3 nitrogen and oxygen atoms in total. The minimum absolute atomic E-state index is 0.0643. The van der Waals surface area contributed by atoms with E-state index < -0.39 is 0 Å². The number of aliphatic hydroxyl groups excluding tert-OH is 1. The molecule has 0 aliphatic rings. The summed E-state index contributed by atoms with van der Waals surface area (Å²) in [6, 6.07) is 2.64. The van der Waals surface area contributed by atoms with Crippen molar-refractivity contribution in [2.75, 3.05) is 0 Å². The van der Waals surface area contributed by atoms with E-state index in [0.29, 0.717) is 5.57 Å². The summed E-state index contributed by atoms with van der Waals surface area (Å²) in [7, 11) is 0. The average molecular weight is 204 g/mol. The van der Waals surface area contributed by atoms with Gasteiger partial charge in [0.2, 0.25) is 0 Å². The van der Waals surface area contributed by atoms with Gasteiger partial charge >= 0.3 is 0 Å². The Morgan fingerprint density at radius 1 is 1.33 bits per heavy atom. The fraction of sp³-hybridized carbons (Fsp3) is 0.167. The predicted octanol–water partition coefficient (Wildman–Crippen LogP) is 1.52. The second-order valence-corrected chi connectivity index (χ2v) is 3.15. The molecule has 0 bridgehead atoms. The van der Waals surface area contributed by atoms with Crippen LogP contribution in [0.15, 0.2) is 24.3 Å². The summed E-state index contributed by atoms with van der Waals surface area (Å²) in [4.78, 5) is 0. The lowest BCUT2D eigenvalue weighted by Gasteiger charge is -2.05. The van der Waals surface area contributed by atoms with Gasteiger partial charge in [0, 0.05) is 5.56 Å². The normalized spacial score (nSPS) is 9.20. The number of aliphatic hydroxyl groups is 1. The summed E-state index contributed by atoms with van der Waals surface area (Å²) in [5, 5.41) is 28.0. The molecule has 0 spiro atoms. The Hall–Kier alpha value is -1.92. The molecular weight excluding hydrogens is 192 g/mol. The molecule has 3 N–H and O–H groups in total. The fourth-order valence-electron chi connectivity index (χ4n) is 1.09. The molecule has 15 heavy (non-hydrogen) atoms. The van der Waals surface area contributed by atoms with Gasteiger partial charge in [0.05, 0.1) is 12.2 Å². The fourth-order valence-corrected chi connectivity index (χ4v) is 1.09. The lowest BCUT2D eigenvalue weighted by Crippen LogP contribution is -1.91. The van der Waals surface area contributed by atoms with Crippen LogP contribution < -0.4 is 0 Å². The monoisotopic (exact) mass is 204 g/mol. The zero-order valence-electron chi connectivity index (χ0n) is 8.41. The molecule has 1 aromatic rings. The van der Waals surface area contributed by atoms with Crippen molar-refractivity contribution in [1.29, 1.82) is 0 Å². The lowest BCUT2D eigenvalue weighted by atomic mass is 10.1. The molecule has 0 saturated heterocycles. The Morgan fingerprint density at radius 3 is 2.47 bits per heavy atom. The third-order valence-corrected chi connectivity index (χ3v) is 1.83. The van der Waals surface area contributed by atoms with Crippen molar-refractivity contribution in [1.82, 2.24) is 0 Å². The van der Waals surface area contributed by atoms with Crippen molar-refractivity contribution in [3.63, 3.8) is 0 Å².